The average molecular weight is 453 g/mol. The first-order chi connectivity index (χ1) is 16.0. The van der Waals surface area contributed by atoms with E-state index in [4.69, 9.17) is 9.47 Å². The molecule has 178 valence electrons. The van der Waals surface area contributed by atoms with Crippen LogP contribution in [0.2, 0.25) is 0 Å². The monoisotopic (exact) mass is 452 g/mol. The van der Waals surface area contributed by atoms with Crippen molar-refractivity contribution in [2.45, 2.75) is 51.1 Å². The number of hydrogen-bond acceptors (Lipinski definition) is 6. The van der Waals surface area contributed by atoms with Gasteiger partial charge in [-0.1, -0.05) is 13.3 Å². The first-order valence-corrected chi connectivity index (χ1v) is 12.3. The number of nitrogens with zero attached hydrogens (tertiary/aromatic N) is 1. The van der Waals surface area contributed by atoms with Crippen LogP contribution < -0.4 is 14.8 Å². The maximum atomic E-state index is 10.3. The van der Waals surface area contributed by atoms with E-state index in [1.165, 1.54) is 28.7 Å². The van der Waals surface area contributed by atoms with Gasteiger partial charge in [-0.15, -0.1) is 0 Å². The van der Waals surface area contributed by atoms with Gasteiger partial charge in [-0.25, -0.2) is 0 Å². The molecular formula is C27H36N2O4. The number of benzene rings is 2. The van der Waals surface area contributed by atoms with Gasteiger partial charge < -0.3 is 25.0 Å². The Labute approximate surface area is 196 Å². The van der Waals surface area contributed by atoms with Gasteiger partial charge in [0.05, 0.1) is 14.2 Å². The topological polar surface area (TPSA) is 74.2 Å². The van der Waals surface area contributed by atoms with Crippen molar-refractivity contribution in [2.24, 2.45) is 11.8 Å². The zero-order valence-electron chi connectivity index (χ0n) is 19.9. The Hall–Kier alpha value is -2.44. The Kier molecular flexibility index (Phi) is 6.14. The van der Waals surface area contributed by atoms with Gasteiger partial charge in [-0.05, 0) is 90.6 Å². The van der Waals surface area contributed by atoms with E-state index in [1.54, 1.807) is 14.2 Å². The van der Waals surface area contributed by atoms with Crippen molar-refractivity contribution in [2.75, 3.05) is 33.9 Å². The van der Waals surface area contributed by atoms with E-state index >= 15 is 0 Å². The fourth-order valence-electron chi connectivity index (χ4n) is 6.45. The highest BCUT2D eigenvalue weighted by atomic mass is 16.5. The third-order valence-corrected chi connectivity index (χ3v) is 8.23. The second-order valence-electron chi connectivity index (χ2n) is 9.86. The van der Waals surface area contributed by atoms with Gasteiger partial charge in [0.25, 0.3) is 0 Å². The van der Waals surface area contributed by atoms with Crippen LogP contribution in [-0.2, 0) is 12.8 Å². The van der Waals surface area contributed by atoms with Crippen molar-refractivity contribution in [1.29, 1.82) is 0 Å². The van der Waals surface area contributed by atoms with Crippen molar-refractivity contribution < 1.29 is 19.7 Å². The number of aromatic hydroxyl groups is 2. The van der Waals surface area contributed by atoms with Crippen LogP contribution in [0, 0.1) is 11.8 Å². The number of fused-ring (bicyclic) bond motifs is 4. The van der Waals surface area contributed by atoms with Gasteiger partial charge in [0.15, 0.2) is 23.0 Å². The molecule has 0 bridgehead atoms. The highest BCUT2D eigenvalue weighted by Crippen LogP contribution is 2.47. The largest absolute Gasteiger partial charge is 0.504 e. The van der Waals surface area contributed by atoms with Gasteiger partial charge in [0, 0.05) is 25.2 Å². The van der Waals surface area contributed by atoms with Gasteiger partial charge >= 0.3 is 0 Å². The Bertz CT molecular complexity index is 1020. The Morgan fingerprint density at radius 2 is 1.61 bits per heavy atom. The predicted molar refractivity (Wildman–Crippen MR) is 128 cm³/mol. The molecular weight excluding hydrogens is 416 g/mol. The van der Waals surface area contributed by atoms with E-state index in [9.17, 15) is 10.2 Å². The third-order valence-electron chi connectivity index (χ3n) is 8.23. The summed E-state index contributed by atoms with van der Waals surface area (Å²) < 4.78 is 10.9. The first kappa shape index (κ1) is 22.4. The zero-order valence-corrected chi connectivity index (χ0v) is 19.9. The van der Waals surface area contributed by atoms with Crippen molar-refractivity contribution in [3.05, 3.63) is 46.5 Å². The fraction of sp³-hybridized carbons (Fsp3) is 0.556. The molecule has 1 fully saturated rings. The van der Waals surface area contributed by atoms with E-state index in [-0.39, 0.29) is 17.5 Å². The summed E-state index contributed by atoms with van der Waals surface area (Å²) in [5, 5.41) is 24.3. The molecule has 5 rings (SSSR count). The molecule has 0 radical (unpaired) electrons. The lowest BCUT2D eigenvalue weighted by Gasteiger charge is -2.48. The van der Waals surface area contributed by atoms with Crippen LogP contribution in [0.3, 0.4) is 0 Å². The van der Waals surface area contributed by atoms with Crippen LogP contribution in [-0.4, -0.2) is 49.0 Å². The third kappa shape index (κ3) is 4.04. The minimum Gasteiger partial charge on any atom is -0.504 e. The van der Waals surface area contributed by atoms with Crippen LogP contribution in [0.25, 0.3) is 0 Å². The number of rotatable bonds is 5. The summed E-state index contributed by atoms with van der Waals surface area (Å²) in [6, 6.07) is 8.52. The standard InChI is InChI=1S/C27H36N2O4/c1-4-16-15-29-8-6-18-12-25(31)27(33-3)14-21(18)23(29)10-19(16)9-22-20-13-26(32-2)24(30)11-17(20)5-7-28-22/h11-14,16,19,22-23,28,30-31H,4-10,15H2,1-3H3. The number of hydrogen-bond donors (Lipinski definition) is 3. The average Bonchev–Trinajstić information content (AvgIpc) is 2.82. The molecule has 3 aliphatic rings. The molecule has 0 aliphatic carbocycles. The number of phenolic OH excluding ortho intramolecular Hbond substituents is 2. The second-order valence-corrected chi connectivity index (χ2v) is 9.86. The molecule has 4 atom stereocenters. The van der Waals surface area contributed by atoms with Gasteiger partial charge in [-0.2, -0.15) is 0 Å². The highest BCUT2D eigenvalue weighted by molar-refractivity contribution is 5.50. The summed E-state index contributed by atoms with van der Waals surface area (Å²) in [5.41, 5.74) is 5.07. The van der Waals surface area contributed by atoms with Crippen molar-refractivity contribution in [3.8, 4) is 23.0 Å². The maximum absolute atomic E-state index is 10.3. The normalized spacial score (nSPS) is 26.8. The summed E-state index contributed by atoms with van der Waals surface area (Å²) in [6.45, 7) is 5.42. The fourth-order valence-corrected chi connectivity index (χ4v) is 6.45. The SMILES string of the molecule is CCC1CN2CCc3cc(O)c(OC)cc3C2CC1CC1NCCc2cc(O)c(OC)cc21. The first-order valence-electron chi connectivity index (χ1n) is 12.3. The summed E-state index contributed by atoms with van der Waals surface area (Å²) >= 11 is 0. The molecule has 1 saturated heterocycles. The summed E-state index contributed by atoms with van der Waals surface area (Å²) in [7, 11) is 3.24. The Morgan fingerprint density at radius 1 is 0.939 bits per heavy atom. The second kappa shape index (κ2) is 9.07. The molecule has 33 heavy (non-hydrogen) atoms. The summed E-state index contributed by atoms with van der Waals surface area (Å²) in [4.78, 5) is 2.65. The lowest BCUT2D eigenvalue weighted by molar-refractivity contribution is 0.0435. The van der Waals surface area contributed by atoms with Crippen molar-refractivity contribution >= 4 is 0 Å². The van der Waals surface area contributed by atoms with Crippen molar-refractivity contribution in [3.63, 3.8) is 0 Å². The van der Waals surface area contributed by atoms with Crippen LogP contribution in [0.15, 0.2) is 24.3 Å². The van der Waals surface area contributed by atoms with E-state index in [0.717, 1.165) is 45.3 Å². The van der Waals surface area contributed by atoms with Crippen LogP contribution in [0.5, 0.6) is 23.0 Å². The van der Waals surface area contributed by atoms with Crippen molar-refractivity contribution in [1.82, 2.24) is 10.2 Å². The number of nitrogens with one attached hydrogen (secondary N) is 1. The minimum absolute atomic E-state index is 0.229. The van der Waals surface area contributed by atoms with E-state index in [2.05, 4.69) is 23.2 Å². The lowest BCUT2D eigenvalue weighted by Crippen LogP contribution is -2.46. The molecule has 0 aromatic heterocycles. The number of methoxy groups -OCH3 is 2. The molecule has 0 amide bonds. The van der Waals surface area contributed by atoms with Crippen LogP contribution >= 0.6 is 0 Å². The molecule has 6 nitrogen and oxygen atoms in total. The lowest BCUT2D eigenvalue weighted by atomic mass is 9.72. The molecule has 2 aromatic carbocycles. The molecule has 3 aliphatic heterocycles. The Morgan fingerprint density at radius 3 is 2.27 bits per heavy atom. The predicted octanol–water partition coefficient (Wildman–Crippen LogP) is 4.34. The van der Waals surface area contributed by atoms with E-state index in [0.29, 0.717) is 29.4 Å². The summed E-state index contributed by atoms with van der Waals surface area (Å²) in [6.07, 6.45) is 5.28. The van der Waals surface area contributed by atoms with Crippen LogP contribution in [0.4, 0.5) is 0 Å². The van der Waals surface area contributed by atoms with Crippen LogP contribution in [0.1, 0.15) is 60.5 Å². The molecule has 0 saturated carbocycles. The highest BCUT2D eigenvalue weighted by Gasteiger charge is 2.40. The molecule has 2 aromatic rings. The molecule has 3 heterocycles. The zero-order chi connectivity index (χ0) is 23.1. The smallest absolute Gasteiger partial charge is 0.160 e. The summed E-state index contributed by atoms with van der Waals surface area (Å²) in [5.74, 6) is 2.84. The molecule has 0 spiro atoms. The molecule has 6 heteroatoms. The quantitative estimate of drug-likeness (QED) is 0.627. The van der Waals surface area contributed by atoms with E-state index in [1.807, 2.05) is 18.2 Å². The number of piperidine rings is 1. The molecule has 3 N–H and O–H groups in total. The molecule has 4 unspecified atom stereocenters. The van der Waals surface area contributed by atoms with Gasteiger partial charge in [0.2, 0.25) is 0 Å². The van der Waals surface area contributed by atoms with E-state index < -0.39 is 0 Å². The number of ether oxygens (including phenoxy) is 2. The number of phenols is 2. The van der Waals surface area contributed by atoms with Gasteiger partial charge in [0.1, 0.15) is 0 Å². The maximum Gasteiger partial charge on any atom is 0.160 e. The van der Waals surface area contributed by atoms with Gasteiger partial charge in [-0.3, -0.25) is 4.90 Å². The minimum atomic E-state index is 0.229. The Balaban J connectivity index is 1.43.